The molecule has 0 aliphatic carbocycles. The van der Waals surface area contributed by atoms with Gasteiger partial charge in [0.1, 0.15) is 5.40 Å². The van der Waals surface area contributed by atoms with Gasteiger partial charge in [-0.3, -0.25) is 0 Å². The molecule has 0 aromatic rings. The van der Waals surface area contributed by atoms with E-state index in [2.05, 4.69) is 25.3 Å². The number of rotatable bonds is 1. The van der Waals surface area contributed by atoms with Gasteiger partial charge in [0.25, 0.3) is 0 Å². The van der Waals surface area contributed by atoms with Gasteiger partial charge in [-0.05, 0) is 0 Å². The third kappa shape index (κ3) is 80.1. The van der Waals surface area contributed by atoms with Crippen LogP contribution in [0.4, 0.5) is 0 Å². The first kappa shape index (κ1) is 10.2. The fourth-order valence-electron chi connectivity index (χ4n) is 0. The summed E-state index contributed by atoms with van der Waals surface area (Å²) in [6, 6.07) is 0. The summed E-state index contributed by atoms with van der Waals surface area (Å²) >= 11 is 6.76. The van der Waals surface area contributed by atoms with Crippen LogP contribution in [0, 0.1) is 10.7 Å². The second-order valence-electron chi connectivity index (χ2n) is 0.547. The van der Waals surface area contributed by atoms with Gasteiger partial charge in [0.2, 0.25) is 0 Å². The highest BCUT2D eigenvalue weighted by Crippen LogP contribution is 1.61. The lowest BCUT2D eigenvalue weighted by atomic mass is 10.9. The first-order chi connectivity index (χ1) is 3.33. The highest BCUT2D eigenvalue weighted by molar-refractivity contribution is 7.85. The van der Waals surface area contributed by atoms with Gasteiger partial charge in [0, 0.05) is 5.75 Å². The Kier molecular flexibility index (Phi) is 23.9. The van der Waals surface area contributed by atoms with Gasteiger partial charge in [-0.25, -0.2) is 0 Å². The lowest BCUT2D eigenvalue weighted by Gasteiger charge is -1.69. The molecular formula is C3H7NOS2. The predicted octanol–water partition coefficient (Wildman–Crippen LogP) is 0.306. The Morgan fingerprint density at radius 3 is 1.86 bits per heavy atom. The van der Waals surface area contributed by atoms with Crippen molar-refractivity contribution in [3.8, 4) is 5.40 Å². The van der Waals surface area contributed by atoms with Gasteiger partial charge >= 0.3 is 0 Å². The number of aliphatic hydroxyl groups excluding tert-OH is 1. The molecule has 0 aliphatic heterocycles. The minimum absolute atomic E-state index is 0.184. The highest BCUT2D eigenvalue weighted by atomic mass is 32.1. The van der Waals surface area contributed by atoms with Crippen molar-refractivity contribution in [1.82, 2.24) is 0 Å². The van der Waals surface area contributed by atoms with Crippen LogP contribution < -0.4 is 0 Å². The standard InChI is InChI=1S/C2H6OS.CHNS/c3-1-2-4;2-1-3/h3-4H,1-2H2;3H. The number of nitrogens with zero attached hydrogens (tertiary/aromatic N) is 1. The van der Waals surface area contributed by atoms with E-state index in [4.69, 9.17) is 10.4 Å². The van der Waals surface area contributed by atoms with Crippen molar-refractivity contribution >= 4 is 25.3 Å². The normalized spacial score (nSPS) is 5.43. The minimum Gasteiger partial charge on any atom is -0.396 e. The van der Waals surface area contributed by atoms with E-state index in [0.29, 0.717) is 5.75 Å². The summed E-state index contributed by atoms with van der Waals surface area (Å²) in [7, 11) is 0. The van der Waals surface area contributed by atoms with Gasteiger partial charge < -0.3 is 5.11 Å². The Bertz CT molecular complexity index is 49.4. The van der Waals surface area contributed by atoms with Crippen molar-refractivity contribution in [2.75, 3.05) is 12.4 Å². The summed E-state index contributed by atoms with van der Waals surface area (Å²) in [5, 5.41) is 16.4. The minimum atomic E-state index is 0.184. The van der Waals surface area contributed by atoms with E-state index in [0.717, 1.165) is 0 Å². The number of hydrogen-bond donors (Lipinski definition) is 3. The van der Waals surface area contributed by atoms with Crippen LogP contribution in [0.25, 0.3) is 0 Å². The topological polar surface area (TPSA) is 44.0 Å². The Morgan fingerprint density at radius 2 is 1.86 bits per heavy atom. The van der Waals surface area contributed by atoms with Gasteiger partial charge in [-0.1, -0.05) is 12.6 Å². The van der Waals surface area contributed by atoms with E-state index in [1.54, 1.807) is 0 Å². The first-order valence-electron chi connectivity index (χ1n) is 1.58. The summed E-state index contributed by atoms with van der Waals surface area (Å²) in [4.78, 5) is 0. The average Bonchev–Trinajstić information content (AvgIpc) is 1.69. The van der Waals surface area contributed by atoms with Crippen LogP contribution in [-0.2, 0) is 0 Å². The Labute approximate surface area is 54.0 Å². The molecule has 0 bridgehead atoms. The smallest absolute Gasteiger partial charge is 0.130 e. The molecule has 0 aliphatic rings. The van der Waals surface area contributed by atoms with Crippen LogP contribution in [0.5, 0.6) is 0 Å². The fraction of sp³-hybridized carbons (Fsp3) is 0.667. The molecule has 0 rings (SSSR count). The maximum absolute atomic E-state index is 7.80. The average molecular weight is 137 g/mol. The third-order valence-corrected chi connectivity index (χ3v) is 0.300. The molecule has 0 saturated heterocycles. The SMILES string of the molecule is N#CS.OCCS. The second kappa shape index (κ2) is 16.4. The molecular weight excluding hydrogens is 130 g/mol. The molecule has 0 fully saturated rings. The summed E-state index contributed by atoms with van der Waals surface area (Å²) in [5.74, 6) is 0.569. The lowest BCUT2D eigenvalue weighted by molar-refractivity contribution is 0.323. The van der Waals surface area contributed by atoms with Gasteiger partial charge in [0.15, 0.2) is 0 Å². The van der Waals surface area contributed by atoms with E-state index in [-0.39, 0.29) is 6.61 Å². The molecule has 2 nitrogen and oxygen atoms in total. The van der Waals surface area contributed by atoms with Crippen molar-refractivity contribution in [1.29, 1.82) is 5.26 Å². The first-order valence-corrected chi connectivity index (χ1v) is 2.66. The number of nitriles is 1. The molecule has 0 amide bonds. The summed E-state index contributed by atoms with van der Waals surface area (Å²) in [6.45, 7) is 0.184. The second-order valence-corrected chi connectivity index (χ2v) is 1.19. The molecule has 0 saturated carbocycles. The molecule has 0 aromatic carbocycles. The van der Waals surface area contributed by atoms with E-state index in [1.165, 1.54) is 5.40 Å². The van der Waals surface area contributed by atoms with Crippen molar-refractivity contribution in [3.05, 3.63) is 0 Å². The Morgan fingerprint density at radius 1 is 1.71 bits per heavy atom. The number of hydrogen-bond acceptors (Lipinski definition) is 4. The van der Waals surface area contributed by atoms with Crippen LogP contribution in [0.2, 0.25) is 0 Å². The van der Waals surface area contributed by atoms with Crippen LogP contribution in [0.1, 0.15) is 0 Å². The van der Waals surface area contributed by atoms with Crippen molar-refractivity contribution < 1.29 is 5.11 Å². The molecule has 0 unspecified atom stereocenters. The predicted molar refractivity (Wildman–Crippen MR) is 35.5 cm³/mol. The van der Waals surface area contributed by atoms with Crippen LogP contribution in [0.3, 0.4) is 0 Å². The zero-order valence-corrected chi connectivity index (χ0v) is 5.49. The highest BCUT2D eigenvalue weighted by Gasteiger charge is 1.57. The van der Waals surface area contributed by atoms with Gasteiger partial charge in [0.05, 0.1) is 6.61 Å². The van der Waals surface area contributed by atoms with Crippen molar-refractivity contribution in [2.45, 2.75) is 0 Å². The van der Waals surface area contributed by atoms with Crippen molar-refractivity contribution in [3.63, 3.8) is 0 Å². The third-order valence-electron chi connectivity index (χ3n) is 0.1000. The quantitative estimate of drug-likeness (QED) is 0.359. The van der Waals surface area contributed by atoms with E-state index in [9.17, 15) is 0 Å². The Hall–Kier alpha value is 0.150. The molecule has 0 heterocycles. The summed E-state index contributed by atoms with van der Waals surface area (Å²) < 4.78 is 0. The zero-order valence-electron chi connectivity index (χ0n) is 3.70. The van der Waals surface area contributed by atoms with Crippen LogP contribution in [0.15, 0.2) is 0 Å². The monoisotopic (exact) mass is 137 g/mol. The molecule has 0 aromatic heterocycles. The zero-order chi connectivity index (χ0) is 6.12. The summed E-state index contributed by atoms with van der Waals surface area (Å²) in [6.07, 6.45) is 0. The molecule has 1 N–H and O–H groups in total. The molecule has 0 spiro atoms. The maximum atomic E-state index is 7.80. The van der Waals surface area contributed by atoms with Crippen LogP contribution in [-0.4, -0.2) is 17.5 Å². The maximum Gasteiger partial charge on any atom is 0.130 e. The summed E-state index contributed by atoms with van der Waals surface area (Å²) in [5.41, 5.74) is 0. The van der Waals surface area contributed by atoms with Crippen molar-refractivity contribution in [2.24, 2.45) is 0 Å². The molecule has 7 heavy (non-hydrogen) atoms. The molecule has 0 atom stereocenters. The van der Waals surface area contributed by atoms with Crippen LogP contribution >= 0.6 is 25.3 Å². The van der Waals surface area contributed by atoms with Gasteiger partial charge in [-0.15, -0.1) is 0 Å². The van der Waals surface area contributed by atoms with Gasteiger partial charge in [-0.2, -0.15) is 17.9 Å². The largest absolute Gasteiger partial charge is 0.396 e. The Balaban J connectivity index is 0. The lowest BCUT2D eigenvalue weighted by Crippen LogP contribution is -1.76. The van der Waals surface area contributed by atoms with E-state index in [1.807, 2.05) is 0 Å². The number of aliphatic hydroxyl groups is 1. The molecule has 42 valence electrons. The molecule has 0 radical (unpaired) electrons. The molecule has 4 heteroatoms. The fourth-order valence-corrected chi connectivity index (χ4v) is 0. The number of thiocyanates is 1. The van der Waals surface area contributed by atoms with E-state index < -0.39 is 0 Å². The number of thiol groups is 2. The van der Waals surface area contributed by atoms with E-state index >= 15 is 0 Å².